The first kappa shape index (κ1) is 21.7. The van der Waals surface area contributed by atoms with Gasteiger partial charge < -0.3 is 14.2 Å². The molecule has 0 fully saturated rings. The van der Waals surface area contributed by atoms with Gasteiger partial charge in [0.1, 0.15) is 11.0 Å². The Morgan fingerprint density at radius 1 is 1.06 bits per heavy atom. The van der Waals surface area contributed by atoms with Crippen molar-refractivity contribution in [2.75, 3.05) is 5.32 Å². The Bertz CT molecular complexity index is 1220. The number of thioether (sulfide) groups is 1. The van der Waals surface area contributed by atoms with E-state index in [-0.39, 0.29) is 16.8 Å². The molecule has 1 N–H and O–H groups in total. The van der Waals surface area contributed by atoms with Crippen LogP contribution in [0.2, 0.25) is 0 Å². The van der Waals surface area contributed by atoms with Crippen LogP contribution in [0.4, 0.5) is 18.9 Å². The highest BCUT2D eigenvalue weighted by molar-refractivity contribution is 8.00. The molecule has 2 aromatic heterocycles. The van der Waals surface area contributed by atoms with Gasteiger partial charge in [0.2, 0.25) is 5.91 Å². The number of aryl methyl sites for hydroxylation is 1. The number of nitrogens with zero attached hydrogens (tertiary/aromatic N) is 2. The Kier molecular flexibility index (Phi) is 6.04. The molecular formula is C22H16F3N3O3S. The Morgan fingerprint density at radius 3 is 2.53 bits per heavy atom. The van der Waals surface area contributed by atoms with Gasteiger partial charge in [0.25, 0.3) is 11.1 Å². The number of benzene rings is 2. The third-order valence-electron chi connectivity index (χ3n) is 4.51. The lowest BCUT2D eigenvalue weighted by Gasteiger charge is -2.16. The maximum absolute atomic E-state index is 13.0. The highest BCUT2D eigenvalue weighted by atomic mass is 32.2. The number of halogens is 3. The number of alkyl halides is 3. The van der Waals surface area contributed by atoms with Crippen LogP contribution >= 0.6 is 11.8 Å². The molecule has 4 rings (SSSR count). The lowest BCUT2D eigenvalue weighted by molar-refractivity contribution is -0.137. The van der Waals surface area contributed by atoms with Gasteiger partial charge in [-0.1, -0.05) is 36.4 Å². The van der Waals surface area contributed by atoms with E-state index in [1.165, 1.54) is 18.4 Å². The number of furan rings is 1. The van der Waals surface area contributed by atoms with Crippen LogP contribution in [0, 0.1) is 6.92 Å². The summed E-state index contributed by atoms with van der Waals surface area (Å²) in [6, 6.07) is 14.9. The van der Waals surface area contributed by atoms with Gasteiger partial charge in [-0.15, -0.1) is 10.2 Å². The number of carbonyl (C=O) groups excluding carboxylic acids is 1. The number of aromatic nitrogens is 2. The quantitative estimate of drug-likeness (QED) is 0.350. The number of carbonyl (C=O) groups is 1. The van der Waals surface area contributed by atoms with E-state index in [0.29, 0.717) is 16.9 Å². The van der Waals surface area contributed by atoms with Crippen molar-refractivity contribution in [3.8, 4) is 11.5 Å². The second kappa shape index (κ2) is 8.91. The smallest absolute Gasteiger partial charge is 0.416 e. The van der Waals surface area contributed by atoms with Crippen LogP contribution < -0.4 is 5.32 Å². The van der Waals surface area contributed by atoms with Crippen molar-refractivity contribution in [2.24, 2.45) is 0 Å². The molecule has 6 nitrogen and oxygen atoms in total. The van der Waals surface area contributed by atoms with Crippen molar-refractivity contribution in [3.63, 3.8) is 0 Å². The van der Waals surface area contributed by atoms with E-state index in [2.05, 4.69) is 15.5 Å². The van der Waals surface area contributed by atoms with E-state index in [0.717, 1.165) is 23.9 Å². The maximum Gasteiger partial charge on any atom is 0.416 e. The Morgan fingerprint density at radius 2 is 1.84 bits per heavy atom. The van der Waals surface area contributed by atoms with E-state index in [1.54, 1.807) is 43.3 Å². The van der Waals surface area contributed by atoms with Gasteiger partial charge in [0, 0.05) is 5.69 Å². The fourth-order valence-electron chi connectivity index (χ4n) is 2.96. The summed E-state index contributed by atoms with van der Waals surface area (Å²) in [4.78, 5) is 13.0. The largest absolute Gasteiger partial charge is 0.469 e. The fraction of sp³-hybridized carbons (Fsp3) is 0.136. The highest BCUT2D eigenvalue weighted by Crippen LogP contribution is 2.37. The lowest BCUT2D eigenvalue weighted by atomic mass is 10.1. The highest BCUT2D eigenvalue weighted by Gasteiger charge is 2.31. The first-order valence-electron chi connectivity index (χ1n) is 9.39. The standard InChI is InChI=1S/C22H16F3N3O3S/c1-13-17(10-11-30-13)20-27-28-21(31-20)32-18(14-6-3-2-4-7-14)19(29)26-16-9-5-8-15(12-16)22(23,24)25/h2-12,18H,1H3,(H,26,29)/t18-/m0/s1. The van der Waals surface area contributed by atoms with Crippen molar-refractivity contribution in [2.45, 2.75) is 23.6 Å². The van der Waals surface area contributed by atoms with Gasteiger partial charge in [-0.25, -0.2) is 0 Å². The molecular weight excluding hydrogens is 443 g/mol. The van der Waals surface area contributed by atoms with Crippen molar-refractivity contribution in [1.29, 1.82) is 0 Å². The van der Waals surface area contributed by atoms with E-state index in [4.69, 9.17) is 8.83 Å². The van der Waals surface area contributed by atoms with Crippen LogP contribution in [0.3, 0.4) is 0 Å². The summed E-state index contributed by atoms with van der Waals surface area (Å²) < 4.78 is 50.0. The van der Waals surface area contributed by atoms with Crippen molar-refractivity contribution < 1.29 is 26.8 Å². The summed E-state index contributed by atoms with van der Waals surface area (Å²) in [6.45, 7) is 1.75. The molecule has 0 saturated carbocycles. The average Bonchev–Trinajstić information content (AvgIpc) is 3.40. The van der Waals surface area contributed by atoms with Crippen LogP contribution in [0.5, 0.6) is 0 Å². The normalized spacial score (nSPS) is 12.5. The Labute approximate surface area is 184 Å². The maximum atomic E-state index is 13.0. The van der Waals surface area contributed by atoms with Gasteiger partial charge in [0.05, 0.1) is 17.4 Å². The second-order valence-corrected chi connectivity index (χ2v) is 7.80. The molecule has 4 aromatic rings. The molecule has 164 valence electrons. The van der Waals surface area contributed by atoms with Crippen LogP contribution in [0.15, 0.2) is 81.0 Å². The van der Waals surface area contributed by atoms with E-state index in [1.807, 2.05) is 0 Å². The summed E-state index contributed by atoms with van der Waals surface area (Å²) in [5.41, 5.74) is 0.443. The molecule has 1 atom stereocenters. The zero-order valence-electron chi connectivity index (χ0n) is 16.6. The number of hydrogen-bond acceptors (Lipinski definition) is 6. The molecule has 1 amide bonds. The van der Waals surface area contributed by atoms with Crippen LogP contribution in [-0.4, -0.2) is 16.1 Å². The molecule has 0 aliphatic heterocycles. The monoisotopic (exact) mass is 459 g/mol. The molecule has 0 bridgehead atoms. The van der Waals surface area contributed by atoms with E-state index >= 15 is 0 Å². The average molecular weight is 459 g/mol. The first-order chi connectivity index (χ1) is 15.3. The molecule has 0 unspecified atom stereocenters. The predicted molar refractivity (Wildman–Crippen MR) is 112 cm³/mol. The summed E-state index contributed by atoms with van der Waals surface area (Å²) in [5, 5.41) is 9.83. The Hall–Kier alpha value is -3.53. The second-order valence-electron chi connectivity index (χ2n) is 6.74. The van der Waals surface area contributed by atoms with Crippen LogP contribution in [0.1, 0.15) is 22.1 Å². The third-order valence-corrected chi connectivity index (χ3v) is 5.60. The van der Waals surface area contributed by atoms with Crippen LogP contribution in [-0.2, 0) is 11.0 Å². The molecule has 10 heteroatoms. The van der Waals surface area contributed by atoms with Crippen molar-refractivity contribution in [3.05, 3.63) is 83.8 Å². The molecule has 0 aliphatic rings. The number of anilines is 1. The molecule has 0 radical (unpaired) electrons. The van der Waals surface area contributed by atoms with Gasteiger partial charge in [-0.05, 0) is 48.5 Å². The summed E-state index contributed by atoms with van der Waals surface area (Å²) in [5.74, 6) is 0.315. The number of amides is 1. The molecule has 0 saturated heterocycles. The van der Waals surface area contributed by atoms with E-state index in [9.17, 15) is 18.0 Å². The summed E-state index contributed by atoms with van der Waals surface area (Å²) >= 11 is 0.998. The minimum absolute atomic E-state index is 0.0339. The molecule has 2 aromatic carbocycles. The van der Waals surface area contributed by atoms with Crippen molar-refractivity contribution in [1.82, 2.24) is 10.2 Å². The summed E-state index contributed by atoms with van der Waals surface area (Å²) in [7, 11) is 0. The zero-order chi connectivity index (χ0) is 22.7. The Balaban J connectivity index is 1.59. The molecule has 0 spiro atoms. The number of hydrogen-bond donors (Lipinski definition) is 1. The molecule has 2 heterocycles. The minimum Gasteiger partial charge on any atom is -0.469 e. The topological polar surface area (TPSA) is 81.2 Å². The van der Waals surface area contributed by atoms with Crippen molar-refractivity contribution >= 4 is 23.4 Å². The van der Waals surface area contributed by atoms with E-state index < -0.39 is 22.9 Å². The fourth-order valence-corrected chi connectivity index (χ4v) is 3.83. The van der Waals surface area contributed by atoms with Gasteiger partial charge in [-0.3, -0.25) is 4.79 Å². The van der Waals surface area contributed by atoms with Crippen LogP contribution in [0.25, 0.3) is 11.5 Å². The number of rotatable bonds is 6. The lowest BCUT2D eigenvalue weighted by Crippen LogP contribution is -2.19. The minimum atomic E-state index is -4.51. The first-order valence-corrected chi connectivity index (χ1v) is 10.3. The zero-order valence-corrected chi connectivity index (χ0v) is 17.4. The molecule has 0 aliphatic carbocycles. The third kappa shape index (κ3) is 4.86. The van der Waals surface area contributed by atoms with Gasteiger partial charge in [-0.2, -0.15) is 13.2 Å². The van der Waals surface area contributed by atoms with Gasteiger partial charge >= 0.3 is 6.18 Å². The molecule has 32 heavy (non-hydrogen) atoms. The van der Waals surface area contributed by atoms with Gasteiger partial charge in [0.15, 0.2) is 0 Å². The number of nitrogens with one attached hydrogen (secondary N) is 1. The predicted octanol–water partition coefficient (Wildman–Crippen LogP) is 6.13. The SMILES string of the molecule is Cc1occc1-c1nnc(S[C@H](C(=O)Nc2cccc(C(F)(F)F)c2)c2ccccc2)o1. The summed E-state index contributed by atoms with van der Waals surface area (Å²) in [6.07, 6.45) is -3.02.